The molecule has 1 unspecified atom stereocenters. The molecule has 0 N–H and O–H groups in total. The lowest BCUT2D eigenvalue weighted by Crippen LogP contribution is -2.42. The van der Waals surface area contributed by atoms with Crippen LogP contribution in [0.15, 0.2) is 24.3 Å². The largest absolute Gasteiger partial charge is 0.340 e. The van der Waals surface area contributed by atoms with E-state index in [2.05, 4.69) is 6.92 Å². The van der Waals surface area contributed by atoms with Crippen LogP contribution in [0.25, 0.3) is 0 Å². The molecule has 0 aromatic heterocycles. The Morgan fingerprint density at radius 1 is 1.41 bits per heavy atom. The molecule has 92 valence electrons. The van der Waals surface area contributed by atoms with E-state index in [-0.39, 0.29) is 18.1 Å². The zero-order valence-electron chi connectivity index (χ0n) is 10.2. The van der Waals surface area contributed by atoms with Crippen LogP contribution >= 0.6 is 0 Å². The number of likely N-dealkylation sites (tertiary alicyclic amines) is 1. The maximum atomic E-state index is 13.4. The van der Waals surface area contributed by atoms with Gasteiger partial charge in [0.25, 0.3) is 0 Å². The molecular weight excluding hydrogens is 217 g/mol. The third-order valence-electron chi connectivity index (χ3n) is 3.42. The van der Waals surface area contributed by atoms with Gasteiger partial charge in [-0.05, 0) is 37.8 Å². The Bertz CT molecular complexity index is 405. The molecule has 0 saturated carbocycles. The Kier molecular flexibility index (Phi) is 3.77. The molecule has 0 radical (unpaired) electrons. The molecule has 2 nitrogen and oxygen atoms in total. The standard InChI is InChI=1S/C14H18FNO/c1-11-6-4-5-9-16(11)14(17)10-12-7-2-3-8-13(12)15/h2-3,7-8,11H,4-6,9-10H2,1H3. The van der Waals surface area contributed by atoms with Gasteiger partial charge >= 0.3 is 0 Å². The average molecular weight is 235 g/mol. The number of halogens is 1. The molecule has 0 aliphatic carbocycles. The summed E-state index contributed by atoms with van der Waals surface area (Å²) in [7, 11) is 0. The predicted molar refractivity (Wildman–Crippen MR) is 65.1 cm³/mol. The van der Waals surface area contributed by atoms with Gasteiger partial charge in [0, 0.05) is 12.6 Å². The molecule has 0 spiro atoms. The second-order valence-corrected chi connectivity index (χ2v) is 4.70. The number of carbonyl (C=O) groups excluding carboxylic acids is 1. The van der Waals surface area contributed by atoms with Crippen molar-refractivity contribution in [3.05, 3.63) is 35.6 Å². The van der Waals surface area contributed by atoms with Crippen molar-refractivity contribution in [3.8, 4) is 0 Å². The van der Waals surface area contributed by atoms with Gasteiger partial charge in [0.15, 0.2) is 0 Å². The van der Waals surface area contributed by atoms with Crippen molar-refractivity contribution in [1.29, 1.82) is 0 Å². The molecule has 17 heavy (non-hydrogen) atoms. The van der Waals surface area contributed by atoms with Crippen molar-refractivity contribution in [2.45, 2.75) is 38.6 Å². The van der Waals surface area contributed by atoms with Gasteiger partial charge < -0.3 is 4.90 Å². The first-order chi connectivity index (χ1) is 8.18. The van der Waals surface area contributed by atoms with Gasteiger partial charge in [0.05, 0.1) is 6.42 Å². The van der Waals surface area contributed by atoms with Crippen LogP contribution in [0.5, 0.6) is 0 Å². The predicted octanol–water partition coefficient (Wildman–Crippen LogP) is 2.77. The fraction of sp³-hybridized carbons (Fsp3) is 0.500. The van der Waals surface area contributed by atoms with Crippen LogP contribution in [-0.4, -0.2) is 23.4 Å². The van der Waals surface area contributed by atoms with Crippen LogP contribution in [0.2, 0.25) is 0 Å². The summed E-state index contributed by atoms with van der Waals surface area (Å²) in [6.45, 7) is 2.88. The van der Waals surface area contributed by atoms with E-state index in [9.17, 15) is 9.18 Å². The summed E-state index contributed by atoms with van der Waals surface area (Å²) in [6.07, 6.45) is 3.48. The highest BCUT2D eigenvalue weighted by atomic mass is 19.1. The third-order valence-corrected chi connectivity index (χ3v) is 3.42. The van der Waals surface area contributed by atoms with Gasteiger partial charge in [0.1, 0.15) is 5.82 Å². The first-order valence-electron chi connectivity index (χ1n) is 6.21. The molecule has 1 amide bonds. The monoisotopic (exact) mass is 235 g/mol. The van der Waals surface area contributed by atoms with E-state index in [0.717, 1.165) is 19.4 Å². The lowest BCUT2D eigenvalue weighted by molar-refractivity contribution is -0.133. The summed E-state index contributed by atoms with van der Waals surface area (Å²) < 4.78 is 13.4. The fourth-order valence-corrected chi connectivity index (χ4v) is 2.37. The van der Waals surface area contributed by atoms with Crippen LogP contribution in [0, 0.1) is 5.82 Å². The van der Waals surface area contributed by atoms with Crippen LogP contribution in [-0.2, 0) is 11.2 Å². The average Bonchev–Trinajstić information content (AvgIpc) is 2.32. The summed E-state index contributed by atoms with van der Waals surface area (Å²) in [5, 5.41) is 0. The topological polar surface area (TPSA) is 20.3 Å². The van der Waals surface area contributed by atoms with E-state index in [1.165, 1.54) is 12.5 Å². The molecule has 3 heteroatoms. The molecule has 1 heterocycles. The zero-order chi connectivity index (χ0) is 12.3. The van der Waals surface area contributed by atoms with E-state index in [1.54, 1.807) is 18.2 Å². The van der Waals surface area contributed by atoms with Gasteiger partial charge in [-0.3, -0.25) is 4.79 Å². The Morgan fingerprint density at radius 3 is 2.88 bits per heavy atom. The smallest absolute Gasteiger partial charge is 0.227 e. The summed E-state index contributed by atoms with van der Waals surface area (Å²) in [4.78, 5) is 14.0. The van der Waals surface area contributed by atoms with E-state index >= 15 is 0 Å². The molecule has 2 rings (SSSR count). The van der Waals surface area contributed by atoms with Crippen LogP contribution < -0.4 is 0 Å². The summed E-state index contributed by atoms with van der Waals surface area (Å²) >= 11 is 0. The lowest BCUT2D eigenvalue weighted by atomic mass is 10.0. The Balaban J connectivity index is 2.03. The minimum absolute atomic E-state index is 0.0438. The Labute approximate surface area is 101 Å². The van der Waals surface area contributed by atoms with Crippen LogP contribution in [0.4, 0.5) is 4.39 Å². The maximum absolute atomic E-state index is 13.4. The molecule has 1 saturated heterocycles. The highest BCUT2D eigenvalue weighted by molar-refractivity contribution is 5.79. The van der Waals surface area contributed by atoms with Crippen LogP contribution in [0.3, 0.4) is 0 Å². The molecule has 0 bridgehead atoms. The first kappa shape index (κ1) is 12.1. The second kappa shape index (κ2) is 5.30. The number of rotatable bonds is 2. The minimum Gasteiger partial charge on any atom is -0.340 e. The quantitative estimate of drug-likeness (QED) is 0.772. The van der Waals surface area contributed by atoms with Gasteiger partial charge in [0.2, 0.25) is 5.91 Å². The zero-order valence-corrected chi connectivity index (χ0v) is 10.2. The Hall–Kier alpha value is -1.38. The maximum Gasteiger partial charge on any atom is 0.227 e. The second-order valence-electron chi connectivity index (χ2n) is 4.70. The number of nitrogens with zero attached hydrogens (tertiary/aromatic N) is 1. The molecule has 1 aliphatic heterocycles. The summed E-state index contributed by atoms with van der Waals surface area (Å²) in [5.41, 5.74) is 0.496. The fourth-order valence-electron chi connectivity index (χ4n) is 2.37. The van der Waals surface area contributed by atoms with Gasteiger partial charge in [-0.1, -0.05) is 18.2 Å². The van der Waals surface area contributed by atoms with Crippen LogP contribution in [0.1, 0.15) is 31.7 Å². The molecule has 1 fully saturated rings. The van der Waals surface area contributed by atoms with E-state index < -0.39 is 0 Å². The summed E-state index contributed by atoms with van der Waals surface area (Å²) in [5.74, 6) is -0.243. The van der Waals surface area contributed by atoms with Crippen molar-refractivity contribution in [1.82, 2.24) is 4.90 Å². The minimum atomic E-state index is -0.287. The van der Waals surface area contributed by atoms with E-state index in [0.29, 0.717) is 11.6 Å². The molecular formula is C14H18FNO. The highest BCUT2D eigenvalue weighted by Gasteiger charge is 2.23. The number of carbonyl (C=O) groups is 1. The van der Waals surface area contributed by atoms with Crippen molar-refractivity contribution in [3.63, 3.8) is 0 Å². The number of hydrogen-bond acceptors (Lipinski definition) is 1. The van der Waals surface area contributed by atoms with Crippen molar-refractivity contribution in [2.75, 3.05) is 6.54 Å². The number of amides is 1. The highest BCUT2D eigenvalue weighted by Crippen LogP contribution is 2.18. The van der Waals surface area contributed by atoms with Gasteiger partial charge in [-0.15, -0.1) is 0 Å². The summed E-state index contributed by atoms with van der Waals surface area (Å²) in [6, 6.07) is 6.80. The number of piperidine rings is 1. The molecule has 1 aliphatic rings. The van der Waals surface area contributed by atoms with E-state index in [4.69, 9.17) is 0 Å². The van der Waals surface area contributed by atoms with Gasteiger partial charge in [-0.25, -0.2) is 4.39 Å². The number of hydrogen-bond donors (Lipinski definition) is 0. The molecule has 1 aromatic carbocycles. The lowest BCUT2D eigenvalue weighted by Gasteiger charge is -2.33. The van der Waals surface area contributed by atoms with Crippen molar-refractivity contribution in [2.24, 2.45) is 0 Å². The SMILES string of the molecule is CC1CCCCN1C(=O)Cc1ccccc1F. The normalized spacial score (nSPS) is 20.4. The third kappa shape index (κ3) is 2.84. The van der Waals surface area contributed by atoms with E-state index in [1.807, 2.05) is 4.90 Å². The first-order valence-corrected chi connectivity index (χ1v) is 6.21. The number of benzene rings is 1. The molecule has 1 aromatic rings. The van der Waals surface area contributed by atoms with Crippen molar-refractivity contribution < 1.29 is 9.18 Å². The molecule has 1 atom stereocenters. The van der Waals surface area contributed by atoms with Crippen molar-refractivity contribution >= 4 is 5.91 Å². The Morgan fingerprint density at radius 2 is 2.18 bits per heavy atom. The van der Waals surface area contributed by atoms with Gasteiger partial charge in [-0.2, -0.15) is 0 Å².